The third-order valence-corrected chi connectivity index (χ3v) is 7.05. The predicted molar refractivity (Wildman–Crippen MR) is 118 cm³/mol. The van der Waals surface area contributed by atoms with Crippen LogP contribution in [0.15, 0.2) is 66.7 Å². The molecule has 0 amide bonds. The number of nitrogens with zero attached hydrogens (tertiary/aromatic N) is 2. The Bertz CT molecular complexity index is 1110. The molecule has 4 rings (SSSR count). The first-order valence-corrected chi connectivity index (χ1v) is 11.0. The standard InChI is InChI=1S/C22H25N3O3S/c1-24(2)20-12-10-19(11-13-20)23-29(26,27)21-15-28-25(3)22(21)18-9-8-16-6-4-5-7-17(16)14-18/h4-14,21-23H,15H2,1-3H3. The van der Waals surface area contributed by atoms with Crippen LogP contribution in [0.3, 0.4) is 0 Å². The molecule has 0 saturated carbocycles. The molecule has 1 fully saturated rings. The van der Waals surface area contributed by atoms with Crippen LogP contribution in [-0.2, 0) is 14.9 Å². The van der Waals surface area contributed by atoms with E-state index < -0.39 is 21.3 Å². The molecule has 0 aliphatic carbocycles. The molecule has 1 heterocycles. The van der Waals surface area contributed by atoms with Crippen molar-refractivity contribution in [2.75, 3.05) is 37.4 Å². The lowest BCUT2D eigenvalue weighted by atomic mass is 10.0. The minimum Gasteiger partial charge on any atom is -0.378 e. The summed E-state index contributed by atoms with van der Waals surface area (Å²) in [6.45, 7) is 0.110. The van der Waals surface area contributed by atoms with Gasteiger partial charge < -0.3 is 4.90 Å². The maximum absolute atomic E-state index is 13.2. The quantitative estimate of drug-likeness (QED) is 0.695. The molecule has 2 unspecified atom stereocenters. The van der Waals surface area contributed by atoms with Crippen molar-refractivity contribution in [1.82, 2.24) is 5.06 Å². The second-order valence-electron chi connectivity index (χ2n) is 7.52. The molecule has 6 nitrogen and oxygen atoms in total. The van der Waals surface area contributed by atoms with E-state index >= 15 is 0 Å². The molecule has 3 aromatic carbocycles. The normalized spacial score (nSPS) is 20.1. The van der Waals surface area contributed by atoms with Gasteiger partial charge >= 0.3 is 0 Å². The van der Waals surface area contributed by atoms with Crippen LogP contribution in [0, 0.1) is 0 Å². The fourth-order valence-electron chi connectivity index (χ4n) is 3.74. The molecule has 0 spiro atoms. The van der Waals surface area contributed by atoms with E-state index in [1.165, 1.54) is 0 Å². The van der Waals surface area contributed by atoms with Crippen LogP contribution in [-0.4, -0.2) is 46.5 Å². The van der Waals surface area contributed by atoms with Gasteiger partial charge in [0.05, 0.1) is 12.6 Å². The molecular formula is C22H25N3O3S. The summed E-state index contributed by atoms with van der Waals surface area (Å²) >= 11 is 0. The third kappa shape index (κ3) is 3.94. The Morgan fingerprint density at radius 2 is 1.69 bits per heavy atom. The van der Waals surface area contributed by atoms with Crippen LogP contribution in [0.1, 0.15) is 11.6 Å². The van der Waals surface area contributed by atoms with Crippen LogP contribution in [0.4, 0.5) is 11.4 Å². The average Bonchev–Trinajstić information content (AvgIpc) is 3.10. The van der Waals surface area contributed by atoms with Gasteiger partial charge in [0.25, 0.3) is 0 Å². The molecule has 0 radical (unpaired) electrons. The minimum absolute atomic E-state index is 0.110. The lowest BCUT2D eigenvalue weighted by Gasteiger charge is -2.24. The molecule has 1 N–H and O–H groups in total. The van der Waals surface area contributed by atoms with Gasteiger partial charge in [-0.1, -0.05) is 36.4 Å². The second-order valence-corrected chi connectivity index (χ2v) is 9.42. The topological polar surface area (TPSA) is 61.9 Å². The van der Waals surface area contributed by atoms with E-state index in [4.69, 9.17) is 4.84 Å². The van der Waals surface area contributed by atoms with Crippen LogP contribution in [0.5, 0.6) is 0 Å². The van der Waals surface area contributed by atoms with Gasteiger partial charge in [0, 0.05) is 32.5 Å². The third-order valence-electron chi connectivity index (χ3n) is 5.34. The highest BCUT2D eigenvalue weighted by atomic mass is 32.2. The maximum atomic E-state index is 13.2. The number of anilines is 2. The Hall–Kier alpha value is -2.61. The van der Waals surface area contributed by atoms with Crippen molar-refractivity contribution in [2.45, 2.75) is 11.3 Å². The summed E-state index contributed by atoms with van der Waals surface area (Å²) < 4.78 is 29.1. The molecule has 0 aromatic heterocycles. The predicted octanol–water partition coefficient (Wildman–Crippen LogP) is 3.63. The first-order chi connectivity index (χ1) is 13.8. The summed E-state index contributed by atoms with van der Waals surface area (Å²) in [4.78, 5) is 7.59. The number of sulfonamides is 1. The summed E-state index contributed by atoms with van der Waals surface area (Å²) in [5.41, 5.74) is 2.47. The molecule has 3 aromatic rings. The summed E-state index contributed by atoms with van der Waals surface area (Å²) in [6.07, 6.45) is 0. The zero-order valence-corrected chi connectivity index (χ0v) is 17.6. The van der Waals surface area contributed by atoms with Crippen molar-refractivity contribution in [3.8, 4) is 0 Å². The van der Waals surface area contributed by atoms with Crippen LogP contribution in [0.2, 0.25) is 0 Å². The fraction of sp³-hybridized carbons (Fsp3) is 0.273. The highest BCUT2D eigenvalue weighted by Crippen LogP contribution is 2.35. The summed E-state index contributed by atoms with van der Waals surface area (Å²) in [7, 11) is 2.01. The summed E-state index contributed by atoms with van der Waals surface area (Å²) in [6, 6.07) is 21.0. The minimum atomic E-state index is -3.66. The van der Waals surface area contributed by atoms with E-state index in [2.05, 4.69) is 4.72 Å². The molecular weight excluding hydrogens is 386 g/mol. The largest absolute Gasteiger partial charge is 0.378 e. The monoisotopic (exact) mass is 411 g/mol. The number of fused-ring (bicyclic) bond motifs is 1. The Morgan fingerprint density at radius 3 is 2.38 bits per heavy atom. The van der Waals surface area contributed by atoms with Crippen molar-refractivity contribution in [2.24, 2.45) is 0 Å². The number of nitrogens with one attached hydrogen (secondary N) is 1. The van der Waals surface area contributed by atoms with Crippen molar-refractivity contribution in [3.63, 3.8) is 0 Å². The number of hydrogen-bond acceptors (Lipinski definition) is 5. The molecule has 1 saturated heterocycles. The molecule has 7 heteroatoms. The summed E-state index contributed by atoms with van der Waals surface area (Å²) in [5.74, 6) is 0. The molecule has 0 bridgehead atoms. The van der Waals surface area contributed by atoms with E-state index in [1.807, 2.05) is 73.6 Å². The maximum Gasteiger partial charge on any atom is 0.239 e. The molecule has 2 atom stereocenters. The van der Waals surface area contributed by atoms with E-state index in [1.54, 1.807) is 24.2 Å². The van der Waals surface area contributed by atoms with Gasteiger partial charge in [-0.3, -0.25) is 9.56 Å². The van der Waals surface area contributed by atoms with Crippen LogP contribution >= 0.6 is 0 Å². The Labute approximate surface area is 171 Å². The zero-order chi connectivity index (χ0) is 20.6. The highest BCUT2D eigenvalue weighted by molar-refractivity contribution is 7.93. The van der Waals surface area contributed by atoms with Gasteiger partial charge in [-0.15, -0.1) is 0 Å². The number of rotatable bonds is 5. The van der Waals surface area contributed by atoms with Gasteiger partial charge in [-0.2, -0.15) is 5.06 Å². The van der Waals surface area contributed by atoms with Crippen molar-refractivity contribution >= 4 is 32.2 Å². The lowest BCUT2D eigenvalue weighted by molar-refractivity contribution is -0.110. The van der Waals surface area contributed by atoms with Crippen LogP contribution < -0.4 is 9.62 Å². The average molecular weight is 412 g/mol. The first kappa shape index (κ1) is 19.7. The molecule has 1 aliphatic rings. The Balaban J connectivity index is 1.62. The van der Waals surface area contributed by atoms with E-state index in [0.717, 1.165) is 22.0 Å². The first-order valence-electron chi connectivity index (χ1n) is 9.48. The Kier molecular flexibility index (Phi) is 5.21. The lowest BCUT2D eigenvalue weighted by Crippen LogP contribution is -2.34. The number of benzene rings is 3. The Morgan fingerprint density at radius 1 is 1.00 bits per heavy atom. The van der Waals surface area contributed by atoms with Crippen molar-refractivity contribution in [1.29, 1.82) is 0 Å². The zero-order valence-electron chi connectivity index (χ0n) is 16.7. The van der Waals surface area contributed by atoms with E-state index in [-0.39, 0.29) is 6.61 Å². The van der Waals surface area contributed by atoms with E-state index in [9.17, 15) is 8.42 Å². The van der Waals surface area contributed by atoms with Gasteiger partial charge in [-0.05, 0) is 46.7 Å². The smallest absolute Gasteiger partial charge is 0.239 e. The second kappa shape index (κ2) is 7.67. The van der Waals surface area contributed by atoms with Gasteiger partial charge in [0.2, 0.25) is 10.0 Å². The SMILES string of the molecule is CN(C)c1ccc(NS(=O)(=O)C2CON(C)C2c2ccc3ccccc3c2)cc1. The number of hydroxylamine groups is 2. The van der Waals surface area contributed by atoms with Crippen LogP contribution in [0.25, 0.3) is 10.8 Å². The van der Waals surface area contributed by atoms with Crippen molar-refractivity contribution < 1.29 is 13.3 Å². The van der Waals surface area contributed by atoms with Gasteiger partial charge in [0.15, 0.2) is 0 Å². The summed E-state index contributed by atoms with van der Waals surface area (Å²) in [5, 5.41) is 3.12. The van der Waals surface area contributed by atoms with E-state index in [0.29, 0.717) is 5.69 Å². The molecule has 152 valence electrons. The van der Waals surface area contributed by atoms with Gasteiger partial charge in [-0.25, -0.2) is 8.42 Å². The van der Waals surface area contributed by atoms with Crippen molar-refractivity contribution in [3.05, 3.63) is 72.3 Å². The highest BCUT2D eigenvalue weighted by Gasteiger charge is 2.43. The fourth-order valence-corrected chi connectivity index (χ4v) is 5.26. The molecule has 1 aliphatic heterocycles. The number of hydrogen-bond donors (Lipinski definition) is 1. The molecule has 29 heavy (non-hydrogen) atoms. The van der Waals surface area contributed by atoms with Gasteiger partial charge in [0.1, 0.15) is 5.25 Å².